The number of aromatic nitrogens is 2. The normalized spacial score (nSPS) is 11.7. The van der Waals surface area contributed by atoms with Crippen molar-refractivity contribution in [3.8, 4) is 44.8 Å². The van der Waals surface area contributed by atoms with Gasteiger partial charge in [0.2, 0.25) is 0 Å². The van der Waals surface area contributed by atoms with E-state index in [-0.39, 0.29) is 0 Å². The lowest BCUT2D eigenvalue weighted by molar-refractivity contribution is 1.18. The van der Waals surface area contributed by atoms with Crippen molar-refractivity contribution in [3.63, 3.8) is 0 Å². The number of thiophene rings is 2. The summed E-state index contributed by atoms with van der Waals surface area (Å²) in [6, 6.07) is 48.6. The zero-order valence-electron chi connectivity index (χ0n) is 28.6. The lowest BCUT2D eigenvalue weighted by atomic mass is 9.85. The standard InChI is InChI=1S/C48H32N2S2/c1-3-33-39-25-26-49-47(48(39)52-42(33)4-2)32-23-21-31(22-24-32)46-37-14-7-5-12-35(37)45(36-13-6-8-15-38(36)46)30-19-17-29(18-20-30)41-27-44-40(28-50-41)34-11-9-10-16-43(34)51-44/h3,5-28H,1,4H2,2H3. The van der Waals surface area contributed by atoms with Crippen LogP contribution in [0.5, 0.6) is 0 Å². The van der Waals surface area contributed by atoms with Gasteiger partial charge in [-0.3, -0.25) is 9.97 Å². The summed E-state index contributed by atoms with van der Waals surface area (Å²) in [4.78, 5) is 11.1. The molecule has 4 heteroatoms. The zero-order chi connectivity index (χ0) is 34.8. The number of nitrogens with zero attached hydrogens (tertiary/aromatic N) is 2. The first kappa shape index (κ1) is 30.8. The van der Waals surface area contributed by atoms with E-state index in [1.165, 1.54) is 84.5 Å². The molecule has 0 bridgehead atoms. The van der Waals surface area contributed by atoms with Crippen LogP contribution in [0, 0.1) is 0 Å². The third-order valence-electron chi connectivity index (χ3n) is 10.4. The van der Waals surface area contributed by atoms with E-state index in [0.29, 0.717) is 0 Å². The Balaban J connectivity index is 1.08. The first-order chi connectivity index (χ1) is 25.7. The molecule has 4 aromatic heterocycles. The van der Waals surface area contributed by atoms with Crippen molar-refractivity contribution in [2.45, 2.75) is 13.3 Å². The molecule has 0 aliphatic carbocycles. The van der Waals surface area contributed by atoms with E-state index in [1.54, 1.807) is 0 Å². The summed E-state index contributed by atoms with van der Waals surface area (Å²) in [5, 5.41) is 8.70. The van der Waals surface area contributed by atoms with Crippen LogP contribution in [0.25, 0.3) is 103 Å². The number of fused-ring (bicyclic) bond motifs is 6. The summed E-state index contributed by atoms with van der Waals surface area (Å²) in [5.74, 6) is 0. The molecule has 0 radical (unpaired) electrons. The maximum absolute atomic E-state index is 4.90. The molecule has 2 nitrogen and oxygen atoms in total. The fourth-order valence-corrected chi connectivity index (χ4v) is 10.3. The van der Waals surface area contributed by atoms with E-state index in [4.69, 9.17) is 9.97 Å². The monoisotopic (exact) mass is 700 g/mol. The van der Waals surface area contributed by atoms with E-state index < -0.39 is 0 Å². The fourth-order valence-electron chi connectivity index (χ4n) is 7.91. The minimum absolute atomic E-state index is 0.986. The molecular formula is C48H32N2S2. The van der Waals surface area contributed by atoms with Crippen LogP contribution in [-0.2, 0) is 6.42 Å². The van der Waals surface area contributed by atoms with Crippen LogP contribution in [-0.4, -0.2) is 9.97 Å². The Morgan fingerprint density at radius 1 is 0.538 bits per heavy atom. The molecule has 0 saturated carbocycles. The van der Waals surface area contributed by atoms with Crippen molar-refractivity contribution < 1.29 is 0 Å². The number of aryl methyl sites for hydroxylation is 1. The minimum Gasteiger partial charge on any atom is -0.256 e. The Hall–Kier alpha value is -5.94. The minimum atomic E-state index is 0.986. The van der Waals surface area contributed by atoms with Crippen LogP contribution in [0.2, 0.25) is 0 Å². The third-order valence-corrected chi connectivity index (χ3v) is 12.9. The van der Waals surface area contributed by atoms with Crippen molar-refractivity contribution in [2.24, 2.45) is 0 Å². The smallest absolute Gasteiger partial charge is 0.0880 e. The first-order valence-electron chi connectivity index (χ1n) is 17.7. The Bertz CT molecular complexity index is 2950. The van der Waals surface area contributed by atoms with Gasteiger partial charge in [-0.05, 0) is 74.0 Å². The van der Waals surface area contributed by atoms with Gasteiger partial charge in [-0.2, -0.15) is 0 Å². The largest absolute Gasteiger partial charge is 0.256 e. The van der Waals surface area contributed by atoms with Gasteiger partial charge in [-0.25, -0.2) is 0 Å². The second-order valence-corrected chi connectivity index (χ2v) is 15.4. The quantitative estimate of drug-likeness (QED) is 0.161. The van der Waals surface area contributed by atoms with Gasteiger partial charge in [-0.1, -0.05) is 135 Å². The highest BCUT2D eigenvalue weighted by Gasteiger charge is 2.18. The van der Waals surface area contributed by atoms with Gasteiger partial charge in [0, 0.05) is 54.0 Å². The zero-order valence-corrected chi connectivity index (χ0v) is 30.2. The summed E-state index contributed by atoms with van der Waals surface area (Å²) in [6.45, 7) is 6.31. The van der Waals surface area contributed by atoms with Gasteiger partial charge in [0.15, 0.2) is 0 Å². The van der Waals surface area contributed by atoms with Gasteiger partial charge in [0.25, 0.3) is 0 Å². The van der Waals surface area contributed by atoms with Crippen LogP contribution in [0.3, 0.4) is 0 Å². The van der Waals surface area contributed by atoms with Gasteiger partial charge < -0.3 is 0 Å². The predicted molar refractivity (Wildman–Crippen MR) is 227 cm³/mol. The molecule has 0 atom stereocenters. The van der Waals surface area contributed by atoms with Crippen molar-refractivity contribution in [1.82, 2.24) is 9.97 Å². The number of benzene rings is 6. The van der Waals surface area contributed by atoms with Gasteiger partial charge in [0.05, 0.1) is 16.1 Å². The molecule has 0 fully saturated rings. The molecule has 0 spiro atoms. The van der Waals surface area contributed by atoms with Crippen molar-refractivity contribution in [1.29, 1.82) is 0 Å². The first-order valence-corrected chi connectivity index (χ1v) is 19.3. The molecular weight excluding hydrogens is 669 g/mol. The maximum Gasteiger partial charge on any atom is 0.0880 e. The van der Waals surface area contributed by atoms with E-state index >= 15 is 0 Å². The molecule has 52 heavy (non-hydrogen) atoms. The summed E-state index contributed by atoms with van der Waals surface area (Å²) >= 11 is 3.67. The molecule has 0 saturated heterocycles. The highest BCUT2D eigenvalue weighted by molar-refractivity contribution is 7.25. The van der Waals surface area contributed by atoms with E-state index in [1.807, 2.05) is 41.1 Å². The van der Waals surface area contributed by atoms with Crippen LogP contribution in [0.15, 0.2) is 152 Å². The molecule has 0 aliphatic heterocycles. The molecule has 0 amide bonds. The molecule has 4 heterocycles. The van der Waals surface area contributed by atoms with Crippen molar-refractivity contribution >= 4 is 80.6 Å². The summed E-state index contributed by atoms with van der Waals surface area (Å²) in [5.41, 5.74) is 10.4. The van der Waals surface area contributed by atoms with Gasteiger partial charge in [-0.15, -0.1) is 22.7 Å². The summed E-state index contributed by atoms with van der Waals surface area (Å²) < 4.78 is 3.79. The highest BCUT2D eigenvalue weighted by Crippen LogP contribution is 2.45. The summed E-state index contributed by atoms with van der Waals surface area (Å²) in [6.07, 6.45) is 6.93. The number of rotatable bonds is 6. The van der Waals surface area contributed by atoms with E-state index in [9.17, 15) is 0 Å². The van der Waals surface area contributed by atoms with Crippen LogP contribution in [0.1, 0.15) is 17.4 Å². The number of hydrogen-bond acceptors (Lipinski definition) is 4. The number of hydrogen-bond donors (Lipinski definition) is 0. The Labute approximate surface area is 310 Å². The van der Waals surface area contributed by atoms with Gasteiger partial charge in [0.1, 0.15) is 0 Å². The predicted octanol–water partition coefficient (Wildman–Crippen LogP) is 14.2. The van der Waals surface area contributed by atoms with Crippen molar-refractivity contribution in [3.05, 3.63) is 163 Å². The molecule has 10 rings (SSSR count). The van der Waals surface area contributed by atoms with E-state index in [0.717, 1.165) is 28.9 Å². The van der Waals surface area contributed by atoms with E-state index in [2.05, 4.69) is 147 Å². The molecule has 10 aromatic rings. The molecule has 0 aliphatic rings. The fraction of sp³-hybridized carbons (Fsp3) is 0.0417. The molecule has 0 unspecified atom stereocenters. The van der Waals surface area contributed by atoms with Crippen LogP contribution >= 0.6 is 22.7 Å². The highest BCUT2D eigenvalue weighted by atomic mass is 32.1. The second kappa shape index (κ2) is 12.4. The Kier molecular flexibility index (Phi) is 7.34. The Morgan fingerprint density at radius 3 is 1.69 bits per heavy atom. The average molecular weight is 701 g/mol. The molecule has 0 N–H and O–H groups in total. The van der Waals surface area contributed by atoms with Crippen LogP contribution < -0.4 is 0 Å². The SMILES string of the molecule is C=Cc1c(CC)sc2c(-c3ccc(-c4c5ccccc5c(-c5ccc(-c6cc7sc8ccccc8c7cn6)cc5)c5ccccc45)cc3)nccc12. The van der Waals surface area contributed by atoms with Gasteiger partial charge >= 0.3 is 0 Å². The summed E-state index contributed by atoms with van der Waals surface area (Å²) in [7, 11) is 0. The van der Waals surface area contributed by atoms with Crippen LogP contribution in [0.4, 0.5) is 0 Å². The molecule has 246 valence electrons. The lowest BCUT2D eigenvalue weighted by Crippen LogP contribution is -1.91. The topological polar surface area (TPSA) is 25.8 Å². The number of pyridine rings is 2. The maximum atomic E-state index is 4.90. The third kappa shape index (κ3) is 4.83. The van der Waals surface area contributed by atoms with Crippen molar-refractivity contribution in [2.75, 3.05) is 0 Å². The average Bonchev–Trinajstić information content (AvgIpc) is 3.77. The Morgan fingerprint density at radius 2 is 1.10 bits per heavy atom. The molecule has 6 aromatic carbocycles. The second-order valence-electron chi connectivity index (χ2n) is 13.2. The lowest BCUT2D eigenvalue weighted by Gasteiger charge is -2.18.